The number of unbranched alkanes of at least 4 members (excludes halogenated alkanes) is 1. The first-order valence-electron chi connectivity index (χ1n) is 15.1. The third-order valence-electron chi connectivity index (χ3n) is 9.72. The Morgan fingerprint density at radius 1 is 0.775 bits per heavy atom. The summed E-state index contributed by atoms with van der Waals surface area (Å²) in [5.41, 5.74) is 8.64. The molecule has 40 heavy (non-hydrogen) atoms. The van der Waals surface area contributed by atoms with Crippen LogP contribution >= 0.6 is 0 Å². The Balaban J connectivity index is 1.69. The van der Waals surface area contributed by atoms with Gasteiger partial charge >= 0.3 is 243 Å². The second-order valence-electron chi connectivity index (χ2n) is 13.1. The number of benzene rings is 4. The van der Waals surface area contributed by atoms with Gasteiger partial charge in [-0.3, -0.25) is 0 Å². The second-order valence-corrected chi connectivity index (χ2v) is 31.9. The molecule has 0 fully saturated rings. The molecule has 0 saturated carbocycles. The van der Waals surface area contributed by atoms with E-state index >= 15 is 0 Å². The van der Waals surface area contributed by atoms with Gasteiger partial charge < -0.3 is 0 Å². The monoisotopic (exact) mass is 690 g/mol. The van der Waals surface area contributed by atoms with E-state index in [1.807, 2.05) is 0 Å². The van der Waals surface area contributed by atoms with Gasteiger partial charge in [-0.05, 0) is 0 Å². The molecular weight excluding hydrogens is 647 g/mol. The van der Waals surface area contributed by atoms with Crippen molar-refractivity contribution in [1.82, 2.24) is 0 Å². The van der Waals surface area contributed by atoms with Crippen molar-refractivity contribution in [2.45, 2.75) is 65.2 Å². The molecule has 0 amide bonds. The van der Waals surface area contributed by atoms with Crippen LogP contribution in [0.1, 0.15) is 69.2 Å². The van der Waals surface area contributed by atoms with E-state index in [0.29, 0.717) is 0 Å². The SMILES string of the molecule is [CH2]=[Hf]([C]1=CC=CC1)([c]1ccc(CCCC)cc1)([c]1ccc(C(C)(C)C)cc1)[c]1cccc2c1Cc1ccccc1-2. The van der Waals surface area contributed by atoms with Crippen molar-refractivity contribution in [3.8, 4) is 11.1 Å². The summed E-state index contributed by atoms with van der Waals surface area (Å²) in [4.78, 5) is 0. The van der Waals surface area contributed by atoms with Crippen LogP contribution in [0.3, 0.4) is 0 Å². The van der Waals surface area contributed by atoms with Gasteiger partial charge in [0.25, 0.3) is 0 Å². The second kappa shape index (κ2) is 10.2. The number of rotatable bonds is 7. The van der Waals surface area contributed by atoms with Crippen LogP contribution in [0.4, 0.5) is 0 Å². The fourth-order valence-electron chi connectivity index (χ4n) is 7.31. The van der Waals surface area contributed by atoms with Gasteiger partial charge in [0.1, 0.15) is 0 Å². The first-order chi connectivity index (χ1) is 19.2. The normalized spacial score (nSPS) is 14.7. The van der Waals surface area contributed by atoms with E-state index in [1.54, 1.807) is 3.33 Å². The molecular formula is C39H42Hf. The van der Waals surface area contributed by atoms with E-state index in [0.717, 1.165) is 19.3 Å². The van der Waals surface area contributed by atoms with Gasteiger partial charge in [0.15, 0.2) is 0 Å². The number of aryl methyl sites for hydroxylation is 1. The van der Waals surface area contributed by atoms with Crippen molar-refractivity contribution in [1.29, 1.82) is 0 Å². The minimum absolute atomic E-state index is 0.108. The van der Waals surface area contributed by atoms with E-state index < -0.39 is 18.0 Å². The minimum atomic E-state index is -4.79. The topological polar surface area (TPSA) is 0 Å². The third kappa shape index (κ3) is 4.16. The molecule has 202 valence electrons. The average molecular weight is 689 g/mol. The van der Waals surface area contributed by atoms with Crippen LogP contribution in [0.15, 0.2) is 113 Å². The fraction of sp³-hybridized carbons (Fsp3) is 0.256. The van der Waals surface area contributed by atoms with E-state index in [2.05, 4.69) is 137 Å². The van der Waals surface area contributed by atoms with Crippen LogP contribution in [-0.4, -0.2) is 4.26 Å². The van der Waals surface area contributed by atoms with Gasteiger partial charge in [-0.1, -0.05) is 0 Å². The van der Waals surface area contributed by atoms with Gasteiger partial charge in [-0.15, -0.1) is 0 Å². The molecule has 2 aliphatic carbocycles. The Kier molecular flexibility index (Phi) is 6.94. The van der Waals surface area contributed by atoms with Crippen LogP contribution < -0.4 is 9.96 Å². The van der Waals surface area contributed by atoms with Crippen LogP contribution in [0.2, 0.25) is 0 Å². The van der Waals surface area contributed by atoms with Crippen LogP contribution in [0, 0.1) is 0 Å². The molecule has 0 aromatic heterocycles. The summed E-state index contributed by atoms with van der Waals surface area (Å²) in [7, 11) is 0. The van der Waals surface area contributed by atoms with Gasteiger partial charge in [-0.2, -0.15) is 0 Å². The standard InChI is InChI=1S/C13H9.2C10H13.C5H5.CH2.Hf/c1-3-7-12-10(5-1)9-11-6-2-4-8-13(11)12;1-10(2,3)9-7-5-4-6-8-9;1-2-3-7-10-8-5-4-6-9-10;1-2-4-5-3-1;;/h1-5,7-8H,9H2;5-8H,1-3H3;5-6,8-9H,2-3,7H2,1H3;1-3H,4H2;1H2;. The molecule has 0 aliphatic heterocycles. The molecule has 6 rings (SSSR count). The van der Waals surface area contributed by atoms with E-state index in [4.69, 9.17) is 4.26 Å². The maximum atomic E-state index is 5.63. The van der Waals surface area contributed by atoms with Crippen molar-refractivity contribution in [2.24, 2.45) is 0 Å². The Bertz CT molecular complexity index is 1690. The van der Waals surface area contributed by atoms with E-state index in [1.165, 1.54) is 56.2 Å². The summed E-state index contributed by atoms with van der Waals surface area (Å²) in [5, 5.41) is 0. The van der Waals surface area contributed by atoms with Gasteiger partial charge in [-0.25, -0.2) is 0 Å². The number of hydrogen-bond donors (Lipinski definition) is 0. The van der Waals surface area contributed by atoms with E-state index in [9.17, 15) is 0 Å². The molecule has 0 bridgehead atoms. The maximum absolute atomic E-state index is 5.63. The van der Waals surface area contributed by atoms with Crippen molar-refractivity contribution >= 4 is 14.2 Å². The summed E-state index contributed by atoms with van der Waals surface area (Å²) in [6.45, 7) is 9.19. The molecule has 0 atom stereocenters. The molecule has 2 aliphatic rings. The number of allylic oxidation sites excluding steroid dienone is 4. The third-order valence-corrected chi connectivity index (χ3v) is 33.7. The molecule has 0 heterocycles. The molecule has 1 heteroatoms. The summed E-state index contributed by atoms with van der Waals surface area (Å²) >= 11 is -4.79. The van der Waals surface area contributed by atoms with Gasteiger partial charge in [0.05, 0.1) is 0 Å². The van der Waals surface area contributed by atoms with E-state index in [-0.39, 0.29) is 5.41 Å². The van der Waals surface area contributed by atoms with Crippen molar-refractivity contribution < 1.29 is 18.0 Å². The fourth-order valence-corrected chi connectivity index (χ4v) is 29.7. The summed E-state index contributed by atoms with van der Waals surface area (Å²) in [5.74, 6) is 0. The zero-order chi connectivity index (χ0) is 28.0. The average Bonchev–Trinajstić information content (AvgIpc) is 3.65. The van der Waals surface area contributed by atoms with Crippen molar-refractivity contribution in [3.05, 3.63) is 135 Å². The van der Waals surface area contributed by atoms with Crippen LogP contribution in [0.5, 0.6) is 0 Å². The summed E-state index contributed by atoms with van der Waals surface area (Å²) in [6.07, 6.45) is 12.6. The molecule has 0 spiro atoms. The molecule has 0 radical (unpaired) electrons. The number of hydrogen-bond acceptors (Lipinski definition) is 0. The quantitative estimate of drug-likeness (QED) is 0.152. The first kappa shape index (κ1) is 27.3. The molecule has 0 saturated heterocycles. The Morgan fingerprint density at radius 2 is 1.45 bits per heavy atom. The summed E-state index contributed by atoms with van der Waals surface area (Å²) < 4.78 is 11.6. The predicted octanol–water partition coefficient (Wildman–Crippen LogP) is 8.14. The van der Waals surface area contributed by atoms with Crippen LogP contribution in [-0.2, 0) is 36.3 Å². The Labute approximate surface area is 242 Å². The molecule has 0 unspecified atom stereocenters. The summed E-state index contributed by atoms with van der Waals surface area (Å²) in [6, 6.07) is 35.5. The van der Waals surface area contributed by atoms with Crippen molar-refractivity contribution in [3.63, 3.8) is 0 Å². The Hall–Kier alpha value is -2.90. The molecule has 0 nitrogen and oxygen atoms in total. The molecule has 4 aromatic carbocycles. The Morgan fingerprint density at radius 3 is 2.10 bits per heavy atom. The van der Waals surface area contributed by atoms with Gasteiger partial charge in [0.2, 0.25) is 0 Å². The number of fused-ring (bicyclic) bond motifs is 3. The van der Waals surface area contributed by atoms with Gasteiger partial charge in [0, 0.05) is 0 Å². The molecule has 0 N–H and O–H groups in total. The van der Waals surface area contributed by atoms with Crippen molar-refractivity contribution in [2.75, 3.05) is 0 Å². The first-order valence-corrected chi connectivity index (χ1v) is 24.8. The molecule has 4 aromatic rings. The predicted molar refractivity (Wildman–Crippen MR) is 173 cm³/mol. The zero-order valence-electron chi connectivity index (χ0n) is 24.6. The zero-order valence-corrected chi connectivity index (χ0v) is 28.2. The van der Waals surface area contributed by atoms with Crippen LogP contribution in [0.25, 0.3) is 11.1 Å².